The first kappa shape index (κ1) is 13.2. The number of hydrogen-bond acceptors (Lipinski definition) is 2. The van der Waals surface area contributed by atoms with E-state index in [0.717, 1.165) is 17.4 Å². The van der Waals surface area contributed by atoms with E-state index in [2.05, 4.69) is 5.32 Å². The molecule has 1 amide bonds. The van der Waals surface area contributed by atoms with Gasteiger partial charge in [0.25, 0.3) is 0 Å². The number of rotatable bonds is 2. The molecule has 0 spiro atoms. The zero-order valence-corrected chi connectivity index (χ0v) is 12.5. The second-order valence-corrected chi connectivity index (χ2v) is 7.47. The van der Waals surface area contributed by atoms with Crippen LogP contribution < -0.4 is 5.32 Å². The summed E-state index contributed by atoms with van der Waals surface area (Å²) in [6.07, 6.45) is 6.37. The molecule has 0 radical (unpaired) electrons. The minimum Gasteiger partial charge on any atom is -0.506 e. The first-order chi connectivity index (χ1) is 10.1. The van der Waals surface area contributed by atoms with Gasteiger partial charge in [-0.1, -0.05) is 6.07 Å². The summed E-state index contributed by atoms with van der Waals surface area (Å²) in [6, 6.07) is 5.43. The lowest BCUT2D eigenvalue weighted by molar-refractivity contribution is -0.132. The molecule has 4 aliphatic rings. The van der Waals surface area contributed by atoms with Gasteiger partial charge in [0.15, 0.2) is 0 Å². The summed E-state index contributed by atoms with van der Waals surface area (Å²) in [5, 5.41) is 13.0. The summed E-state index contributed by atoms with van der Waals surface area (Å²) in [4.78, 5) is 12.7. The fraction of sp³-hybridized carbons (Fsp3) is 0.611. The average Bonchev–Trinajstić information content (AvgIpc) is 2.40. The first-order valence-corrected chi connectivity index (χ1v) is 8.20. The van der Waals surface area contributed by atoms with Crippen molar-refractivity contribution in [3.05, 3.63) is 23.8 Å². The topological polar surface area (TPSA) is 49.3 Å². The van der Waals surface area contributed by atoms with Crippen LogP contribution in [-0.2, 0) is 4.79 Å². The molecule has 0 atom stereocenters. The first-order valence-electron chi connectivity index (χ1n) is 8.20. The number of nitrogens with one attached hydrogen (secondary N) is 1. The lowest BCUT2D eigenvalue weighted by atomic mass is 9.51. The van der Waals surface area contributed by atoms with E-state index in [1.54, 1.807) is 12.1 Å². The maximum absolute atomic E-state index is 12.7. The van der Waals surface area contributed by atoms with Crippen LogP contribution in [0.5, 0.6) is 5.75 Å². The van der Waals surface area contributed by atoms with Crippen molar-refractivity contribution in [3.63, 3.8) is 0 Å². The minimum absolute atomic E-state index is 0.128. The Labute approximate surface area is 125 Å². The Kier molecular flexibility index (Phi) is 2.98. The highest BCUT2D eigenvalue weighted by molar-refractivity contribution is 5.94. The molecule has 0 aromatic heterocycles. The van der Waals surface area contributed by atoms with Crippen molar-refractivity contribution < 1.29 is 9.90 Å². The molecule has 4 saturated carbocycles. The summed E-state index contributed by atoms with van der Waals surface area (Å²) in [5.74, 6) is 3.38. The number of phenolic OH excluding ortho intramolecular Hbond substituents is 1. The molecule has 0 heterocycles. The maximum Gasteiger partial charge on any atom is 0.228 e. The molecule has 3 heteroatoms. The van der Waals surface area contributed by atoms with Crippen LogP contribution >= 0.6 is 0 Å². The number of phenols is 1. The predicted octanol–water partition coefficient (Wildman–Crippen LogP) is 3.71. The average molecular weight is 285 g/mol. The molecular formula is C18H23NO2. The van der Waals surface area contributed by atoms with Gasteiger partial charge in [-0.2, -0.15) is 0 Å². The third-order valence-corrected chi connectivity index (χ3v) is 5.94. The lowest BCUT2D eigenvalue weighted by Crippen LogP contribution is -2.49. The number of carbonyl (C=O) groups is 1. The monoisotopic (exact) mass is 285 g/mol. The number of benzene rings is 1. The zero-order valence-electron chi connectivity index (χ0n) is 12.5. The van der Waals surface area contributed by atoms with Crippen LogP contribution in [-0.4, -0.2) is 11.0 Å². The molecule has 2 N–H and O–H groups in total. The second-order valence-electron chi connectivity index (χ2n) is 7.47. The largest absolute Gasteiger partial charge is 0.506 e. The summed E-state index contributed by atoms with van der Waals surface area (Å²) in [5.41, 5.74) is 1.56. The van der Waals surface area contributed by atoms with E-state index in [1.807, 2.05) is 13.0 Å². The van der Waals surface area contributed by atoms with Crippen molar-refractivity contribution in [3.8, 4) is 5.75 Å². The molecule has 3 nitrogen and oxygen atoms in total. The number of hydrogen-bond donors (Lipinski definition) is 2. The van der Waals surface area contributed by atoms with Gasteiger partial charge in [-0.15, -0.1) is 0 Å². The maximum atomic E-state index is 12.7. The number of amides is 1. The highest BCUT2D eigenvalue weighted by Gasteiger charge is 2.50. The Morgan fingerprint density at radius 1 is 1.10 bits per heavy atom. The SMILES string of the molecule is Cc1ccc(NC(=O)C2C3CC4CC(C3)CC2C4)c(O)c1. The Morgan fingerprint density at radius 3 is 2.29 bits per heavy atom. The van der Waals surface area contributed by atoms with Crippen LogP contribution in [0, 0.1) is 36.5 Å². The third kappa shape index (κ3) is 2.23. The van der Waals surface area contributed by atoms with Gasteiger partial charge < -0.3 is 10.4 Å². The van der Waals surface area contributed by atoms with E-state index in [4.69, 9.17) is 0 Å². The summed E-state index contributed by atoms with van der Waals surface area (Å²) in [6.45, 7) is 1.93. The van der Waals surface area contributed by atoms with Crippen molar-refractivity contribution in [2.75, 3.05) is 5.32 Å². The lowest BCUT2D eigenvalue weighted by Gasteiger charge is -2.53. The van der Waals surface area contributed by atoms with E-state index in [9.17, 15) is 9.90 Å². The number of anilines is 1. The molecule has 1 aromatic carbocycles. The molecule has 112 valence electrons. The van der Waals surface area contributed by atoms with E-state index in [1.165, 1.54) is 32.1 Å². The highest BCUT2D eigenvalue weighted by Crippen LogP contribution is 2.56. The van der Waals surface area contributed by atoms with Gasteiger partial charge >= 0.3 is 0 Å². The van der Waals surface area contributed by atoms with Gasteiger partial charge in [-0.25, -0.2) is 0 Å². The van der Waals surface area contributed by atoms with Crippen LogP contribution in [0.25, 0.3) is 0 Å². The standard InChI is InChI=1S/C18H23NO2/c1-10-2-3-15(16(20)4-10)19-18(21)17-13-6-11-5-12(8-13)9-14(17)7-11/h2-4,11-14,17,20H,5-9H2,1H3,(H,19,21). The number of aromatic hydroxyl groups is 1. The van der Waals surface area contributed by atoms with Gasteiger partial charge in [0.2, 0.25) is 5.91 Å². The molecule has 0 unspecified atom stereocenters. The van der Waals surface area contributed by atoms with E-state index in [-0.39, 0.29) is 17.6 Å². The molecule has 0 saturated heterocycles. The molecule has 21 heavy (non-hydrogen) atoms. The molecular weight excluding hydrogens is 262 g/mol. The molecule has 4 aliphatic carbocycles. The van der Waals surface area contributed by atoms with Crippen molar-refractivity contribution >= 4 is 11.6 Å². The number of aryl methyl sites for hydroxylation is 1. The fourth-order valence-electron chi connectivity index (χ4n) is 5.32. The number of carbonyl (C=O) groups excluding carboxylic acids is 1. The quantitative estimate of drug-likeness (QED) is 0.814. The molecule has 1 aromatic rings. The molecule has 5 rings (SSSR count). The zero-order chi connectivity index (χ0) is 14.6. The van der Waals surface area contributed by atoms with Crippen LogP contribution in [0.2, 0.25) is 0 Å². The van der Waals surface area contributed by atoms with Crippen molar-refractivity contribution in [1.29, 1.82) is 0 Å². The Bertz CT molecular complexity index is 553. The van der Waals surface area contributed by atoms with Crippen LogP contribution in [0.4, 0.5) is 5.69 Å². The van der Waals surface area contributed by atoms with Gasteiger partial charge in [0.1, 0.15) is 5.75 Å². The Balaban J connectivity index is 1.52. The summed E-state index contributed by atoms with van der Waals surface area (Å²) >= 11 is 0. The minimum atomic E-state index is 0.128. The fourth-order valence-corrected chi connectivity index (χ4v) is 5.32. The van der Waals surface area contributed by atoms with Crippen molar-refractivity contribution in [1.82, 2.24) is 0 Å². The Hall–Kier alpha value is -1.51. The van der Waals surface area contributed by atoms with Crippen LogP contribution in [0.15, 0.2) is 18.2 Å². The van der Waals surface area contributed by atoms with E-state index in [0.29, 0.717) is 17.5 Å². The van der Waals surface area contributed by atoms with Crippen LogP contribution in [0.1, 0.15) is 37.7 Å². The van der Waals surface area contributed by atoms with Crippen LogP contribution in [0.3, 0.4) is 0 Å². The molecule has 4 fully saturated rings. The Morgan fingerprint density at radius 2 is 1.71 bits per heavy atom. The van der Waals surface area contributed by atoms with Gasteiger partial charge in [-0.3, -0.25) is 4.79 Å². The predicted molar refractivity (Wildman–Crippen MR) is 82.0 cm³/mol. The van der Waals surface area contributed by atoms with E-state index < -0.39 is 0 Å². The smallest absolute Gasteiger partial charge is 0.228 e. The van der Waals surface area contributed by atoms with Crippen molar-refractivity contribution in [2.24, 2.45) is 29.6 Å². The van der Waals surface area contributed by atoms with E-state index >= 15 is 0 Å². The highest BCUT2D eigenvalue weighted by atomic mass is 16.3. The molecule has 4 bridgehead atoms. The van der Waals surface area contributed by atoms with Crippen molar-refractivity contribution in [2.45, 2.75) is 39.0 Å². The van der Waals surface area contributed by atoms with Gasteiger partial charge in [0, 0.05) is 5.92 Å². The summed E-state index contributed by atoms with van der Waals surface area (Å²) < 4.78 is 0. The second kappa shape index (κ2) is 4.75. The summed E-state index contributed by atoms with van der Waals surface area (Å²) in [7, 11) is 0. The normalized spacial score (nSPS) is 36.7. The third-order valence-electron chi connectivity index (χ3n) is 5.94. The van der Waals surface area contributed by atoms with Gasteiger partial charge in [0.05, 0.1) is 5.69 Å². The molecule has 0 aliphatic heterocycles. The van der Waals surface area contributed by atoms with Gasteiger partial charge in [-0.05, 0) is 80.4 Å².